The van der Waals surface area contributed by atoms with Crippen molar-refractivity contribution in [2.45, 2.75) is 51.4 Å². The van der Waals surface area contributed by atoms with Crippen molar-refractivity contribution in [1.82, 2.24) is 4.98 Å². The van der Waals surface area contributed by atoms with Gasteiger partial charge in [-0.3, -0.25) is 0 Å². The van der Waals surface area contributed by atoms with E-state index in [0.717, 1.165) is 61.4 Å². The number of carboxylic acid groups (broad SMARTS) is 1. The Labute approximate surface area is 141 Å². The Morgan fingerprint density at radius 3 is 2.35 bits per heavy atom. The van der Waals surface area contributed by atoms with Crippen LogP contribution in [-0.2, 0) is 6.42 Å². The van der Waals surface area contributed by atoms with Gasteiger partial charge in [-0.05, 0) is 43.0 Å². The van der Waals surface area contributed by atoms with Crippen LogP contribution in [0.2, 0.25) is 5.02 Å². The number of carbonyl (C=O) groups is 1. The quantitative estimate of drug-likeness (QED) is 0.546. The zero-order valence-corrected chi connectivity index (χ0v) is 14.0. The average molecular weight is 338 g/mol. The lowest BCUT2D eigenvalue weighted by molar-refractivity contribution is 0.0690. The minimum Gasteiger partial charge on any atom is -0.477 e. The summed E-state index contributed by atoms with van der Waals surface area (Å²) < 4.78 is 0. The van der Waals surface area contributed by atoms with Crippen LogP contribution in [0.3, 0.4) is 0 Å². The number of aliphatic hydroxyl groups is 1. The number of aromatic nitrogens is 1. The molecule has 0 saturated heterocycles. The highest BCUT2D eigenvalue weighted by Crippen LogP contribution is 2.27. The molecule has 0 amide bonds. The number of H-pyrrole nitrogens is 1. The molecule has 126 valence electrons. The molecule has 0 atom stereocenters. The van der Waals surface area contributed by atoms with Crippen LogP contribution in [0.25, 0.3) is 10.9 Å². The van der Waals surface area contributed by atoms with Gasteiger partial charge in [0.25, 0.3) is 0 Å². The maximum atomic E-state index is 11.4. The molecule has 0 aliphatic carbocycles. The number of aromatic amines is 1. The minimum atomic E-state index is -0.920. The zero-order chi connectivity index (χ0) is 16.7. The van der Waals surface area contributed by atoms with Crippen LogP contribution < -0.4 is 0 Å². The first kappa shape index (κ1) is 17.8. The van der Waals surface area contributed by atoms with Gasteiger partial charge in [0, 0.05) is 22.5 Å². The molecule has 0 aliphatic rings. The monoisotopic (exact) mass is 337 g/mol. The number of halogens is 1. The Morgan fingerprint density at radius 1 is 1.04 bits per heavy atom. The Kier molecular flexibility index (Phi) is 6.93. The Balaban J connectivity index is 1.92. The molecule has 4 nitrogen and oxygen atoms in total. The number of aryl methyl sites for hydroxylation is 1. The standard InChI is InChI=1S/C18H24ClNO3/c19-13-9-10-16-15(12-13)14(17(20-16)18(22)23)8-6-4-2-1-3-5-7-11-21/h9-10,12,20-21H,1-8,11H2,(H,22,23). The number of carboxylic acids is 1. The predicted molar refractivity (Wildman–Crippen MR) is 93.4 cm³/mol. The summed E-state index contributed by atoms with van der Waals surface area (Å²) in [5.41, 5.74) is 1.96. The topological polar surface area (TPSA) is 73.3 Å². The molecule has 3 N–H and O–H groups in total. The molecule has 0 spiro atoms. The van der Waals surface area contributed by atoms with Crippen molar-refractivity contribution in [2.75, 3.05) is 6.61 Å². The number of aliphatic hydroxyl groups excluding tert-OH is 1. The number of aromatic carboxylic acids is 1. The fourth-order valence-corrected chi connectivity index (χ4v) is 3.13. The van der Waals surface area contributed by atoms with Crippen molar-refractivity contribution in [3.63, 3.8) is 0 Å². The second-order valence-electron chi connectivity index (χ2n) is 5.92. The van der Waals surface area contributed by atoms with Crippen LogP contribution >= 0.6 is 11.6 Å². The Morgan fingerprint density at radius 2 is 1.70 bits per heavy atom. The summed E-state index contributed by atoms with van der Waals surface area (Å²) in [4.78, 5) is 14.4. The van der Waals surface area contributed by atoms with Gasteiger partial charge in [-0.25, -0.2) is 4.79 Å². The number of rotatable bonds is 10. The number of unbranched alkanes of at least 4 members (excludes halogenated alkanes) is 6. The SMILES string of the molecule is O=C(O)c1[nH]c2ccc(Cl)cc2c1CCCCCCCCCO. The number of benzene rings is 1. The molecule has 2 rings (SSSR count). The van der Waals surface area contributed by atoms with Crippen molar-refractivity contribution in [3.05, 3.63) is 34.5 Å². The maximum absolute atomic E-state index is 11.4. The van der Waals surface area contributed by atoms with E-state index in [0.29, 0.717) is 5.02 Å². The van der Waals surface area contributed by atoms with Crippen molar-refractivity contribution in [1.29, 1.82) is 0 Å². The summed E-state index contributed by atoms with van der Waals surface area (Å²) in [5, 5.41) is 19.6. The molecule has 1 aromatic heterocycles. The van der Waals surface area contributed by atoms with E-state index in [9.17, 15) is 9.90 Å². The van der Waals surface area contributed by atoms with E-state index in [4.69, 9.17) is 16.7 Å². The molecule has 0 aliphatic heterocycles. The second kappa shape index (κ2) is 8.94. The Hall–Kier alpha value is -1.52. The third-order valence-corrected chi connectivity index (χ3v) is 4.40. The van der Waals surface area contributed by atoms with Crippen LogP contribution in [0, 0.1) is 0 Å². The predicted octanol–water partition coefficient (Wildman–Crippen LogP) is 4.79. The van der Waals surface area contributed by atoms with Gasteiger partial charge in [0.05, 0.1) is 0 Å². The number of nitrogens with one attached hydrogen (secondary N) is 1. The molecule has 0 saturated carbocycles. The first-order valence-electron chi connectivity index (χ1n) is 8.27. The maximum Gasteiger partial charge on any atom is 0.352 e. The van der Waals surface area contributed by atoms with E-state index in [1.54, 1.807) is 6.07 Å². The molecule has 0 unspecified atom stereocenters. The third-order valence-electron chi connectivity index (χ3n) is 4.17. The van der Waals surface area contributed by atoms with Gasteiger partial charge < -0.3 is 15.2 Å². The van der Waals surface area contributed by atoms with Gasteiger partial charge >= 0.3 is 5.97 Å². The van der Waals surface area contributed by atoms with E-state index in [-0.39, 0.29) is 12.3 Å². The smallest absolute Gasteiger partial charge is 0.352 e. The largest absolute Gasteiger partial charge is 0.477 e. The van der Waals surface area contributed by atoms with Crippen LogP contribution in [0.1, 0.15) is 61.0 Å². The lowest BCUT2D eigenvalue weighted by Crippen LogP contribution is -2.01. The van der Waals surface area contributed by atoms with Gasteiger partial charge in [-0.15, -0.1) is 0 Å². The van der Waals surface area contributed by atoms with Crippen LogP contribution in [0.4, 0.5) is 0 Å². The summed E-state index contributed by atoms with van der Waals surface area (Å²) in [6.07, 6.45) is 8.26. The molecule has 0 bridgehead atoms. The van der Waals surface area contributed by atoms with Crippen molar-refractivity contribution in [2.24, 2.45) is 0 Å². The molecule has 2 aromatic rings. The molecule has 1 heterocycles. The molecule has 23 heavy (non-hydrogen) atoms. The van der Waals surface area contributed by atoms with Gasteiger partial charge in [0.15, 0.2) is 0 Å². The fraction of sp³-hybridized carbons (Fsp3) is 0.500. The van der Waals surface area contributed by atoms with Crippen LogP contribution in [0.5, 0.6) is 0 Å². The number of fused-ring (bicyclic) bond motifs is 1. The van der Waals surface area contributed by atoms with E-state index >= 15 is 0 Å². The highest BCUT2D eigenvalue weighted by molar-refractivity contribution is 6.31. The molecule has 0 fully saturated rings. The molecule has 1 aromatic carbocycles. The second-order valence-corrected chi connectivity index (χ2v) is 6.36. The van der Waals surface area contributed by atoms with Gasteiger partial charge in [-0.1, -0.05) is 43.7 Å². The van der Waals surface area contributed by atoms with Crippen LogP contribution in [-0.4, -0.2) is 27.8 Å². The van der Waals surface area contributed by atoms with E-state index in [1.165, 1.54) is 6.42 Å². The van der Waals surface area contributed by atoms with E-state index < -0.39 is 5.97 Å². The molecule has 5 heteroatoms. The summed E-state index contributed by atoms with van der Waals surface area (Å²) in [6.45, 7) is 0.279. The third kappa shape index (κ3) is 4.98. The lowest BCUT2D eigenvalue weighted by Gasteiger charge is -2.03. The lowest BCUT2D eigenvalue weighted by atomic mass is 10.0. The van der Waals surface area contributed by atoms with Crippen molar-refractivity contribution >= 4 is 28.5 Å². The van der Waals surface area contributed by atoms with Crippen molar-refractivity contribution < 1.29 is 15.0 Å². The summed E-state index contributed by atoms with van der Waals surface area (Å²) >= 11 is 6.04. The molecular formula is C18H24ClNO3. The first-order valence-corrected chi connectivity index (χ1v) is 8.65. The highest BCUT2D eigenvalue weighted by Gasteiger charge is 2.16. The highest BCUT2D eigenvalue weighted by atomic mass is 35.5. The first-order chi connectivity index (χ1) is 11.1. The summed E-state index contributed by atoms with van der Waals surface area (Å²) in [7, 11) is 0. The van der Waals surface area contributed by atoms with Crippen LogP contribution in [0.15, 0.2) is 18.2 Å². The zero-order valence-electron chi connectivity index (χ0n) is 13.3. The molecule has 0 radical (unpaired) electrons. The van der Waals surface area contributed by atoms with Gasteiger partial charge in [0.1, 0.15) is 5.69 Å². The summed E-state index contributed by atoms with van der Waals surface area (Å²) in [5.74, 6) is -0.920. The Bertz CT molecular complexity index is 651. The van der Waals surface area contributed by atoms with Gasteiger partial charge in [0.2, 0.25) is 0 Å². The number of hydrogen-bond acceptors (Lipinski definition) is 2. The van der Waals surface area contributed by atoms with Crippen molar-refractivity contribution in [3.8, 4) is 0 Å². The van der Waals surface area contributed by atoms with Gasteiger partial charge in [-0.2, -0.15) is 0 Å². The fourth-order valence-electron chi connectivity index (χ4n) is 2.96. The van der Waals surface area contributed by atoms with E-state index in [2.05, 4.69) is 4.98 Å². The minimum absolute atomic E-state index is 0.279. The normalized spacial score (nSPS) is 11.2. The number of hydrogen-bond donors (Lipinski definition) is 3. The summed E-state index contributed by atoms with van der Waals surface area (Å²) in [6, 6.07) is 5.43. The molecular weight excluding hydrogens is 314 g/mol. The van der Waals surface area contributed by atoms with E-state index in [1.807, 2.05) is 12.1 Å². The average Bonchev–Trinajstić information content (AvgIpc) is 2.88.